The Morgan fingerprint density at radius 3 is 2.68 bits per heavy atom. The van der Waals surface area contributed by atoms with E-state index < -0.39 is 29.5 Å². The topological polar surface area (TPSA) is 141 Å². The number of hydrogen-bond donors (Lipinski definition) is 4. The fraction of sp³-hybridized carbons (Fsp3) is 0.655. The van der Waals surface area contributed by atoms with Crippen molar-refractivity contribution in [3.05, 3.63) is 41.7 Å². The lowest BCUT2D eigenvalue weighted by molar-refractivity contribution is -0.181. The van der Waals surface area contributed by atoms with Crippen LogP contribution in [0.25, 0.3) is 0 Å². The maximum atomic E-state index is 12.6. The molecule has 0 saturated heterocycles. The Labute approximate surface area is 223 Å². The summed E-state index contributed by atoms with van der Waals surface area (Å²) in [4.78, 5) is 34.1. The van der Waals surface area contributed by atoms with Gasteiger partial charge < -0.3 is 25.5 Å². The number of Topliss-reactive ketones (excluding diaryl/α,β-unsaturated/α-hetero) is 1. The van der Waals surface area contributed by atoms with Gasteiger partial charge >= 0.3 is 0 Å². The highest BCUT2D eigenvalue weighted by Gasteiger charge is 2.68. The first-order valence-electron chi connectivity index (χ1n) is 13.7. The lowest BCUT2D eigenvalue weighted by Gasteiger charge is -2.60. The Morgan fingerprint density at radius 2 is 1.95 bits per heavy atom. The van der Waals surface area contributed by atoms with Gasteiger partial charge in [0, 0.05) is 24.4 Å². The van der Waals surface area contributed by atoms with E-state index in [4.69, 9.17) is 4.84 Å². The number of oxime groups is 1. The number of rotatable bonds is 7. The number of aliphatic hydroxyl groups excluding tert-OH is 2. The van der Waals surface area contributed by atoms with E-state index in [9.17, 15) is 24.9 Å². The molecular formula is C29H39N3O6. The van der Waals surface area contributed by atoms with E-state index in [1.54, 1.807) is 12.4 Å². The van der Waals surface area contributed by atoms with Crippen LogP contribution in [0.2, 0.25) is 0 Å². The molecule has 0 aliphatic heterocycles. The van der Waals surface area contributed by atoms with E-state index >= 15 is 0 Å². The number of carbonyl (C=O) groups excluding carboxylic acids is 2. The van der Waals surface area contributed by atoms with Crippen molar-refractivity contribution in [2.75, 3.05) is 13.2 Å². The van der Waals surface area contributed by atoms with Crippen LogP contribution in [0.5, 0.6) is 0 Å². The van der Waals surface area contributed by atoms with E-state index in [0.29, 0.717) is 25.8 Å². The van der Waals surface area contributed by atoms with E-state index in [0.717, 1.165) is 37.0 Å². The molecule has 38 heavy (non-hydrogen) atoms. The second-order valence-corrected chi connectivity index (χ2v) is 12.1. The third-order valence-electron chi connectivity index (χ3n) is 10.3. The third kappa shape index (κ3) is 4.38. The fourth-order valence-corrected chi connectivity index (χ4v) is 8.29. The van der Waals surface area contributed by atoms with Crippen LogP contribution >= 0.6 is 0 Å². The summed E-state index contributed by atoms with van der Waals surface area (Å²) in [5.74, 6) is -0.414. The molecule has 0 unspecified atom stereocenters. The van der Waals surface area contributed by atoms with Crippen LogP contribution in [0.3, 0.4) is 0 Å². The van der Waals surface area contributed by atoms with Gasteiger partial charge in [0.25, 0.3) is 5.91 Å². The summed E-state index contributed by atoms with van der Waals surface area (Å²) in [6.07, 6.45) is 9.44. The maximum Gasteiger partial charge on any atom is 0.261 e. The number of allylic oxidation sites excluding steroid dienone is 2. The van der Waals surface area contributed by atoms with Crippen molar-refractivity contribution in [1.29, 1.82) is 0 Å². The molecule has 3 fully saturated rings. The number of pyridine rings is 1. The number of fused-ring (bicyclic) bond motifs is 5. The fourth-order valence-electron chi connectivity index (χ4n) is 8.29. The van der Waals surface area contributed by atoms with Crippen molar-refractivity contribution in [1.82, 2.24) is 10.3 Å². The smallest absolute Gasteiger partial charge is 0.261 e. The molecule has 206 valence electrons. The first-order valence-corrected chi connectivity index (χ1v) is 13.7. The molecule has 1 aromatic heterocycles. The second kappa shape index (κ2) is 10.2. The minimum atomic E-state index is -1.58. The highest BCUT2D eigenvalue weighted by atomic mass is 16.6. The average molecular weight is 526 g/mol. The molecule has 9 nitrogen and oxygen atoms in total. The summed E-state index contributed by atoms with van der Waals surface area (Å²) in [5, 5.41) is 39.4. The van der Waals surface area contributed by atoms with Gasteiger partial charge in [0.1, 0.15) is 12.2 Å². The maximum absolute atomic E-state index is 12.6. The molecule has 1 heterocycles. The van der Waals surface area contributed by atoms with Crippen molar-refractivity contribution >= 4 is 17.4 Å². The highest BCUT2D eigenvalue weighted by molar-refractivity contribution is 5.96. The zero-order chi connectivity index (χ0) is 27.1. The summed E-state index contributed by atoms with van der Waals surface area (Å²) < 4.78 is 0. The van der Waals surface area contributed by atoms with Gasteiger partial charge in [-0.15, -0.1) is 0 Å². The zero-order valence-corrected chi connectivity index (χ0v) is 22.2. The molecule has 7 atom stereocenters. The quantitative estimate of drug-likeness (QED) is 0.400. The molecule has 0 radical (unpaired) electrons. The Balaban J connectivity index is 1.25. The third-order valence-corrected chi connectivity index (χ3v) is 10.3. The van der Waals surface area contributed by atoms with E-state index in [1.165, 1.54) is 5.57 Å². The van der Waals surface area contributed by atoms with Crippen molar-refractivity contribution < 1.29 is 29.7 Å². The van der Waals surface area contributed by atoms with Crippen LogP contribution in [-0.4, -0.2) is 62.6 Å². The number of carbonyl (C=O) groups is 2. The number of nitrogens with one attached hydrogen (secondary N) is 1. The molecule has 5 rings (SSSR count). The Hall–Kier alpha value is -2.62. The summed E-state index contributed by atoms with van der Waals surface area (Å²) in [6, 6.07) is 3.68. The predicted molar refractivity (Wildman–Crippen MR) is 140 cm³/mol. The molecule has 4 aliphatic carbocycles. The van der Waals surface area contributed by atoms with Crippen LogP contribution in [0.4, 0.5) is 0 Å². The summed E-state index contributed by atoms with van der Waals surface area (Å²) >= 11 is 0. The van der Waals surface area contributed by atoms with Crippen LogP contribution in [0.1, 0.15) is 64.4 Å². The number of nitrogens with zero attached hydrogens (tertiary/aromatic N) is 2. The van der Waals surface area contributed by atoms with Gasteiger partial charge in [-0.2, -0.15) is 0 Å². The van der Waals surface area contributed by atoms with E-state index in [2.05, 4.69) is 28.5 Å². The average Bonchev–Trinajstić information content (AvgIpc) is 3.18. The monoisotopic (exact) mass is 525 g/mol. The second-order valence-electron chi connectivity index (χ2n) is 12.1. The SMILES string of the molecule is C[C@]12CCC(=NOCC(=O)NCc3ccncc3)C=C1CC[C@@H]1[C@@H]2[C@H](O)C[C@]2(C)[C@@H]1CC[C@]2(O)C(=O)CO. The van der Waals surface area contributed by atoms with Crippen molar-refractivity contribution in [3.8, 4) is 0 Å². The number of aliphatic hydroxyl groups is 3. The lowest BCUT2D eigenvalue weighted by Crippen LogP contribution is -2.62. The van der Waals surface area contributed by atoms with Crippen LogP contribution < -0.4 is 5.32 Å². The Morgan fingerprint density at radius 1 is 1.18 bits per heavy atom. The summed E-state index contributed by atoms with van der Waals surface area (Å²) in [7, 11) is 0. The first kappa shape index (κ1) is 27.0. The van der Waals surface area contributed by atoms with E-state index in [1.807, 2.05) is 19.1 Å². The van der Waals surface area contributed by atoms with Crippen molar-refractivity contribution in [2.24, 2.45) is 33.7 Å². The standard InChI is InChI=1S/C29H39N3O6/c1-27-9-5-20(32-38-17-25(36)31-15-18-7-11-30-12-8-18)13-19(27)3-4-21-22-6-10-29(37,24(35)16-33)28(22,2)14-23(34)26(21)27/h7-8,11-13,21-23,26,33-34,37H,3-6,9-10,14-17H2,1-2H3,(H,31,36)/t21-,22+,23+,26+,27-,28+,29-/m0/s1. The molecule has 1 amide bonds. The molecule has 0 bridgehead atoms. The van der Waals surface area contributed by atoms with Gasteiger partial charge in [0.2, 0.25) is 0 Å². The van der Waals surface area contributed by atoms with Gasteiger partial charge in [0.15, 0.2) is 12.4 Å². The number of hydrogen-bond acceptors (Lipinski definition) is 8. The van der Waals surface area contributed by atoms with E-state index in [-0.39, 0.29) is 35.7 Å². The summed E-state index contributed by atoms with van der Waals surface area (Å²) in [5.41, 5.74) is 0.487. The minimum absolute atomic E-state index is 0.0357. The predicted octanol–water partition coefficient (Wildman–Crippen LogP) is 2.30. The molecule has 0 spiro atoms. The number of ketones is 1. The van der Waals surface area contributed by atoms with Crippen LogP contribution in [0, 0.1) is 28.6 Å². The molecule has 1 aromatic rings. The Kier molecular flexibility index (Phi) is 7.22. The normalized spacial score (nSPS) is 39.0. The highest BCUT2D eigenvalue weighted by Crippen LogP contribution is 2.67. The van der Waals surface area contributed by atoms with Crippen molar-refractivity contribution in [3.63, 3.8) is 0 Å². The molecular weight excluding hydrogens is 486 g/mol. The number of aromatic nitrogens is 1. The molecule has 4 N–H and O–H groups in total. The van der Waals surface area contributed by atoms with Gasteiger partial charge in [0.05, 0.1) is 11.8 Å². The van der Waals surface area contributed by atoms with Crippen LogP contribution in [-0.2, 0) is 21.0 Å². The largest absolute Gasteiger partial charge is 0.393 e. The van der Waals surface area contributed by atoms with Crippen LogP contribution in [0.15, 0.2) is 41.3 Å². The Bertz CT molecular complexity index is 1140. The molecule has 9 heteroatoms. The minimum Gasteiger partial charge on any atom is -0.393 e. The van der Waals surface area contributed by atoms with Gasteiger partial charge in [-0.3, -0.25) is 14.6 Å². The molecule has 4 aliphatic rings. The van der Waals surface area contributed by atoms with Gasteiger partial charge in [-0.25, -0.2) is 0 Å². The molecule has 0 aromatic carbocycles. The lowest BCUT2D eigenvalue weighted by atomic mass is 9.45. The number of amides is 1. The summed E-state index contributed by atoms with van der Waals surface area (Å²) in [6.45, 7) is 3.73. The zero-order valence-electron chi connectivity index (χ0n) is 22.2. The van der Waals surface area contributed by atoms with Gasteiger partial charge in [-0.1, -0.05) is 24.6 Å². The van der Waals surface area contributed by atoms with Gasteiger partial charge in [-0.05, 0) is 91.9 Å². The first-order chi connectivity index (χ1) is 18.1. The van der Waals surface area contributed by atoms with Crippen molar-refractivity contribution in [2.45, 2.75) is 77.0 Å². The molecule has 3 saturated carbocycles.